The Hall–Kier alpha value is -1.88. The van der Waals surface area contributed by atoms with E-state index in [-0.39, 0.29) is 11.8 Å². The number of amides is 1. The molecule has 0 spiro atoms. The van der Waals surface area contributed by atoms with Gasteiger partial charge in [0.05, 0.1) is 0 Å². The third kappa shape index (κ3) is 3.57. The molecule has 5 nitrogen and oxygen atoms in total. The summed E-state index contributed by atoms with van der Waals surface area (Å²) in [6, 6.07) is 8.91. The van der Waals surface area contributed by atoms with Crippen molar-refractivity contribution in [2.24, 2.45) is 5.92 Å². The number of hydrogen-bond donors (Lipinski definition) is 2. The number of carbonyl (C=O) groups excluding carboxylic acids is 1. The van der Waals surface area contributed by atoms with Gasteiger partial charge >= 0.3 is 5.97 Å². The second kappa shape index (κ2) is 6.52. The Morgan fingerprint density at radius 2 is 1.85 bits per heavy atom. The van der Waals surface area contributed by atoms with Crippen LogP contribution in [0.1, 0.15) is 19.8 Å². The van der Waals surface area contributed by atoms with Crippen LogP contribution in [0.3, 0.4) is 0 Å². The van der Waals surface area contributed by atoms with Crippen LogP contribution in [-0.2, 0) is 9.59 Å². The van der Waals surface area contributed by atoms with Crippen molar-refractivity contribution in [1.82, 2.24) is 4.90 Å². The van der Waals surface area contributed by atoms with E-state index in [0.29, 0.717) is 25.9 Å². The number of carboxylic acids is 1. The molecule has 1 saturated heterocycles. The third-order valence-electron chi connectivity index (χ3n) is 3.85. The Labute approximate surface area is 118 Å². The van der Waals surface area contributed by atoms with Crippen LogP contribution in [0.25, 0.3) is 0 Å². The molecule has 108 valence electrons. The first-order valence-electron chi connectivity index (χ1n) is 6.90. The van der Waals surface area contributed by atoms with Crippen molar-refractivity contribution in [1.29, 1.82) is 0 Å². The standard InChI is InChI=1S/C15H20N2O3/c1-11(15(19)20)17-9-7-12(8-10-17)14(18)16-13-5-3-2-4-6-13/h2-6,11-12H,7-10H2,1H3,(H,16,18)(H,19,20). The highest BCUT2D eigenvalue weighted by atomic mass is 16.4. The second-order valence-corrected chi connectivity index (χ2v) is 5.18. The minimum absolute atomic E-state index is 0.0267. The molecule has 20 heavy (non-hydrogen) atoms. The summed E-state index contributed by atoms with van der Waals surface area (Å²) >= 11 is 0. The van der Waals surface area contributed by atoms with Gasteiger partial charge in [0.2, 0.25) is 5.91 Å². The maximum atomic E-state index is 12.1. The van der Waals surface area contributed by atoms with Gasteiger partial charge in [0.15, 0.2) is 0 Å². The molecule has 1 atom stereocenters. The van der Waals surface area contributed by atoms with E-state index < -0.39 is 12.0 Å². The van der Waals surface area contributed by atoms with E-state index >= 15 is 0 Å². The smallest absolute Gasteiger partial charge is 0.320 e. The van der Waals surface area contributed by atoms with Crippen LogP contribution in [0.5, 0.6) is 0 Å². The molecular formula is C15H20N2O3. The van der Waals surface area contributed by atoms with Gasteiger partial charge in [-0.05, 0) is 45.0 Å². The van der Waals surface area contributed by atoms with Gasteiger partial charge in [-0.25, -0.2) is 0 Å². The van der Waals surface area contributed by atoms with Gasteiger partial charge in [0, 0.05) is 11.6 Å². The van der Waals surface area contributed by atoms with E-state index in [1.54, 1.807) is 6.92 Å². The Morgan fingerprint density at radius 3 is 2.40 bits per heavy atom. The van der Waals surface area contributed by atoms with Gasteiger partial charge in [-0.2, -0.15) is 0 Å². The predicted octanol–water partition coefficient (Wildman–Crippen LogP) is 1.81. The number of carboxylic acid groups (broad SMARTS) is 1. The van der Waals surface area contributed by atoms with E-state index in [1.165, 1.54) is 0 Å². The number of para-hydroxylation sites is 1. The fourth-order valence-electron chi connectivity index (χ4n) is 2.47. The van der Waals surface area contributed by atoms with Gasteiger partial charge in [0.1, 0.15) is 6.04 Å². The monoisotopic (exact) mass is 276 g/mol. The normalized spacial score (nSPS) is 18.4. The van der Waals surface area contributed by atoms with Crippen LogP contribution >= 0.6 is 0 Å². The first-order valence-corrected chi connectivity index (χ1v) is 6.90. The summed E-state index contributed by atoms with van der Waals surface area (Å²) in [5.41, 5.74) is 0.804. The molecular weight excluding hydrogens is 256 g/mol. The molecule has 0 aliphatic carbocycles. The molecule has 0 radical (unpaired) electrons. The summed E-state index contributed by atoms with van der Waals surface area (Å²) in [4.78, 5) is 25.0. The summed E-state index contributed by atoms with van der Waals surface area (Å²) < 4.78 is 0. The van der Waals surface area contributed by atoms with Gasteiger partial charge in [0.25, 0.3) is 0 Å². The summed E-state index contributed by atoms with van der Waals surface area (Å²) in [6.45, 7) is 2.99. The van der Waals surface area contributed by atoms with E-state index in [9.17, 15) is 9.59 Å². The first kappa shape index (κ1) is 14.5. The third-order valence-corrected chi connectivity index (χ3v) is 3.85. The van der Waals surface area contributed by atoms with Crippen LogP contribution < -0.4 is 5.32 Å². The molecule has 1 aliphatic rings. The average molecular weight is 276 g/mol. The van der Waals surface area contributed by atoms with Gasteiger partial charge in [-0.15, -0.1) is 0 Å². The van der Waals surface area contributed by atoms with Gasteiger partial charge in [-0.3, -0.25) is 14.5 Å². The van der Waals surface area contributed by atoms with Crippen LogP contribution in [0.4, 0.5) is 5.69 Å². The molecule has 1 fully saturated rings. The molecule has 0 saturated carbocycles. The van der Waals surface area contributed by atoms with E-state index in [1.807, 2.05) is 35.2 Å². The SMILES string of the molecule is CC(C(=O)O)N1CCC(C(=O)Nc2ccccc2)CC1. The van der Waals surface area contributed by atoms with Crippen LogP contribution in [0.2, 0.25) is 0 Å². The zero-order valence-corrected chi connectivity index (χ0v) is 11.6. The Bertz CT molecular complexity index is 467. The van der Waals surface area contributed by atoms with Crippen molar-refractivity contribution in [3.05, 3.63) is 30.3 Å². The lowest BCUT2D eigenvalue weighted by molar-refractivity contribution is -0.143. The summed E-state index contributed by atoms with van der Waals surface area (Å²) in [6.07, 6.45) is 1.41. The minimum Gasteiger partial charge on any atom is -0.480 e. The largest absolute Gasteiger partial charge is 0.480 e. The average Bonchev–Trinajstić information content (AvgIpc) is 2.47. The Kier molecular flexibility index (Phi) is 4.74. The molecule has 0 aromatic heterocycles. The molecule has 1 amide bonds. The zero-order valence-electron chi connectivity index (χ0n) is 11.6. The Morgan fingerprint density at radius 1 is 1.25 bits per heavy atom. The number of nitrogens with zero attached hydrogens (tertiary/aromatic N) is 1. The summed E-state index contributed by atoms with van der Waals surface area (Å²) in [7, 11) is 0. The molecule has 1 heterocycles. The minimum atomic E-state index is -0.808. The highest BCUT2D eigenvalue weighted by Gasteiger charge is 2.29. The fraction of sp³-hybridized carbons (Fsp3) is 0.467. The predicted molar refractivity (Wildman–Crippen MR) is 76.5 cm³/mol. The lowest BCUT2D eigenvalue weighted by atomic mass is 9.95. The summed E-state index contributed by atoms with van der Waals surface area (Å²) in [5.74, 6) is -0.816. The maximum Gasteiger partial charge on any atom is 0.320 e. The lowest BCUT2D eigenvalue weighted by Crippen LogP contribution is -2.45. The molecule has 1 unspecified atom stereocenters. The number of likely N-dealkylation sites (tertiary alicyclic amines) is 1. The van der Waals surface area contributed by atoms with Crippen molar-refractivity contribution in [2.75, 3.05) is 18.4 Å². The number of rotatable bonds is 4. The van der Waals surface area contributed by atoms with Gasteiger partial charge < -0.3 is 10.4 Å². The molecule has 2 N–H and O–H groups in total. The fourth-order valence-corrected chi connectivity index (χ4v) is 2.47. The number of piperidine rings is 1. The lowest BCUT2D eigenvalue weighted by Gasteiger charge is -2.33. The highest BCUT2D eigenvalue weighted by Crippen LogP contribution is 2.21. The molecule has 1 aliphatic heterocycles. The number of nitrogens with one attached hydrogen (secondary N) is 1. The van der Waals surface area contributed by atoms with Crippen LogP contribution in [0, 0.1) is 5.92 Å². The number of hydrogen-bond acceptors (Lipinski definition) is 3. The molecule has 5 heteroatoms. The van der Waals surface area contributed by atoms with Gasteiger partial charge in [-0.1, -0.05) is 18.2 Å². The topological polar surface area (TPSA) is 69.6 Å². The van der Waals surface area contributed by atoms with Crippen molar-refractivity contribution in [3.63, 3.8) is 0 Å². The Balaban J connectivity index is 1.84. The van der Waals surface area contributed by atoms with Crippen molar-refractivity contribution < 1.29 is 14.7 Å². The second-order valence-electron chi connectivity index (χ2n) is 5.18. The molecule has 0 bridgehead atoms. The van der Waals surface area contributed by atoms with Crippen LogP contribution in [-0.4, -0.2) is 41.0 Å². The summed E-state index contributed by atoms with van der Waals surface area (Å²) in [5, 5.41) is 11.9. The quantitative estimate of drug-likeness (QED) is 0.880. The number of aliphatic carboxylic acids is 1. The van der Waals surface area contributed by atoms with E-state index in [0.717, 1.165) is 5.69 Å². The van der Waals surface area contributed by atoms with E-state index in [4.69, 9.17) is 5.11 Å². The van der Waals surface area contributed by atoms with E-state index in [2.05, 4.69) is 5.32 Å². The zero-order chi connectivity index (χ0) is 14.5. The molecule has 1 aromatic rings. The highest BCUT2D eigenvalue weighted by molar-refractivity contribution is 5.92. The molecule has 2 rings (SSSR count). The number of benzene rings is 1. The van der Waals surface area contributed by atoms with Crippen molar-refractivity contribution in [2.45, 2.75) is 25.8 Å². The maximum absolute atomic E-state index is 12.1. The number of carbonyl (C=O) groups is 2. The van der Waals surface area contributed by atoms with Crippen LogP contribution in [0.15, 0.2) is 30.3 Å². The van der Waals surface area contributed by atoms with Crippen molar-refractivity contribution >= 4 is 17.6 Å². The van der Waals surface area contributed by atoms with Crippen molar-refractivity contribution in [3.8, 4) is 0 Å². The number of anilines is 1. The molecule has 1 aromatic carbocycles. The first-order chi connectivity index (χ1) is 9.58.